The van der Waals surface area contributed by atoms with Crippen molar-refractivity contribution in [2.24, 2.45) is 0 Å². The highest BCUT2D eigenvalue weighted by molar-refractivity contribution is 9.10. The van der Waals surface area contributed by atoms with Crippen molar-refractivity contribution >= 4 is 21.7 Å². The van der Waals surface area contributed by atoms with Crippen LogP contribution in [0.1, 0.15) is 17.0 Å². The molecule has 0 saturated heterocycles. The van der Waals surface area contributed by atoms with E-state index in [1.54, 1.807) is 0 Å². The molecule has 0 unspecified atom stereocenters. The summed E-state index contributed by atoms with van der Waals surface area (Å²) in [6, 6.07) is 4.09. The molecule has 0 aliphatic carbocycles. The predicted octanol–water partition coefficient (Wildman–Crippen LogP) is 3.04. The Kier molecular flexibility index (Phi) is 3.47. The number of halogens is 1. The van der Waals surface area contributed by atoms with Crippen molar-refractivity contribution in [3.05, 3.63) is 39.8 Å². The highest BCUT2D eigenvalue weighted by Crippen LogP contribution is 2.20. The van der Waals surface area contributed by atoms with Gasteiger partial charge in [-0.25, -0.2) is 4.98 Å². The minimum atomic E-state index is 0.619. The number of aromatic nitrogens is 3. The first kappa shape index (κ1) is 12.1. The quantitative estimate of drug-likeness (QED) is 0.946. The second kappa shape index (κ2) is 4.87. The zero-order valence-corrected chi connectivity index (χ0v) is 11.7. The maximum absolute atomic E-state index is 4.38. The Bertz CT molecular complexity index is 533. The molecule has 2 rings (SSSR count). The third kappa shape index (κ3) is 2.85. The summed E-state index contributed by atoms with van der Waals surface area (Å²) in [7, 11) is 0. The molecule has 0 spiro atoms. The lowest BCUT2D eigenvalue weighted by molar-refractivity contribution is 0.641. The standard InChI is InChI=1S/C12H15BrN4/c1-8-4-11(13)12(14-6-8)15-7-17-10(3)5-9(2)16-17/h4-6H,7H2,1-3H3,(H,14,15). The molecule has 2 aromatic rings. The smallest absolute Gasteiger partial charge is 0.141 e. The number of nitrogens with one attached hydrogen (secondary N) is 1. The van der Waals surface area contributed by atoms with Crippen LogP contribution in [0.15, 0.2) is 22.8 Å². The number of aryl methyl sites for hydroxylation is 3. The van der Waals surface area contributed by atoms with Gasteiger partial charge in [-0.2, -0.15) is 5.10 Å². The molecule has 0 fully saturated rings. The van der Waals surface area contributed by atoms with E-state index < -0.39 is 0 Å². The van der Waals surface area contributed by atoms with Crippen LogP contribution in [-0.4, -0.2) is 14.8 Å². The largest absolute Gasteiger partial charge is 0.350 e. The SMILES string of the molecule is Cc1cnc(NCn2nc(C)cc2C)c(Br)c1. The number of anilines is 1. The maximum Gasteiger partial charge on any atom is 0.141 e. The van der Waals surface area contributed by atoms with Crippen LogP contribution in [0, 0.1) is 20.8 Å². The lowest BCUT2D eigenvalue weighted by atomic mass is 10.3. The minimum Gasteiger partial charge on any atom is -0.350 e. The van der Waals surface area contributed by atoms with Gasteiger partial charge in [-0.1, -0.05) is 0 Å². The fourth-order valence-corrected chi connectivity index (χ4v) is 2.25. The van der Waals surface area contributed by atoms with E-state index in [0.717, 1.165) is 27.2 Å². The summed E-state index contributed by atoms with van der Waals surface area (Å²) < 4.78 is 2.89. The highest BCUT2D eigenvalue weighted by Gasteiger charge is 2.03. The van der Waals surface area contributed by atoms with Gasteiger partial charge in [0.15, 0.2) is 0 Å². The summed E-state index contributed by atoms with van der Waals surface area (Å²) in [5, 5.41) is 7.64. The van der Waals surface area contributed by atoms with Gasteiger partial charge in [0.25, 0.3) is 0 Å². The predicted molar refractivity (Wildman–Crippen MR) is 72.0 cm³/mol. The third-order valence-corrected chi connectivity index (χ3v) is 3.08. The Morgan fingerprint density at radius 1 is 1.29 bits per heavy atom. The van der Waals surface area contributed by atoms with E-state index in [0.29, 0.717) is 6.67 Å². The summed E-state index contributed by atoms with van der Waals surface area (Å²) >= 11 is 3.49. The molecule has 0 aromatic carbocycles. The van der Waals surface area contributed by atoms with Crippen LogP contribution in [-0.2, 0) is 6.67 Å². The van der Waals surface area contributed by atoms with Crippen molar-refractivity contribution in [3.63, 3.8) is 0 Å². The van der Waals surface area contributed by atoms with Gasteiger partial charge in [0.1, 0.15) is 12.5 Å². The molecular formula is C12H15BrN4. The molecule has 0 aliphatic rings. The fourth-order valence-electron chi connectivity index (χ4n) is 1.65. The van der Waals surface area contributed by atoms with Gasteiger partial charge in [0.2, 0.25) is 0 Å². The molecule has 0 radical (unpaired) electrons. The normalized spacial score (nSPS) is 10.6. The van der Waals surface area contributed by atoms with Crippen molar-refractivity contribution in [1.82, 2.24) is 14.8 Å². The molecule has 17 heavy (non-hydrogen) atoms. The average Bonchev–Trinajstić information content (AvgIpc) is 2.56. The van der Waals surface area contributed by atoms with Gasteiger partial charge in [0, 0.05) is 11.9 Å². The zero-order chi connectivity index (χ0) is 12.4. The molecule has 1 N–H and O–H groups in total. The lowest BCUT2D eigenvalue weighted by Gasteiger charge is -2.09. The first-order valence-corrected chi connectivity index (χ1v) is 6.22. The van der Waals surface area contributed by atoms with Crippen LogP contribution in [0.25, 0.3) is 0 Å². The molecule has 0 aliphatic heterocycles. The number of rotatable bonds is 3. The van der Waals surface area contributed by atoms with E-state index in [4.69, 9.17) is 0 Å². The third-order valence-electron chi connectivity index (χ3n) is 2.48. The first-order chi connectivity index (χ1) is 8.06. The van der Waals surface area contributed by atoms with E-state index in [-0.39, 0.29) is 0 Å². The fraction of sp³-hybridized carbons (Fsp3) is 0.333. The number of pyridine rings is 1. The molecule has 0 saturated carbocycles. The van der Waals surface area contributed by atoms with E-state index in [9.17, 15) is 0 Å². The average molecular weight is 295 g/mol. The molecule has 0 amide bonds. The molecule has 5 heteroatoms. The molecule has 0 bridgehead atoms. The summed E-state index contributed by atoms with van der Waals surface area (Å²) in [4.78, 5) is 4.33. The topological polar surface area (TPSA) is 42.7 Å². The van der Waals surface area contributed by atoms with Crippen LogP contribution in [0.4, 0.5) is 5.82 Å². The van der Waals surface area contributed by atoms with Crippen molar-refractivity contribution in [1.29, 1.82) is 0 Å². The van der Waals surface area contributed by atoms with Gasteiger partial charge in [-0.05, 0) is 54.4 Å². The van der Waals surface area contributed by atoms with E-state index in [2.05, 4.69) is 37.4 Å². The van der Waals surface area contributed by atoms with Crippen LogP contribution < -0.4 is 5.32 Å². The second-order valence-electron chi connectivity index (χ2n) is 4.10. The van der Waals surface area contributed by atoms with Gasteiger partial charge in [-0.3, -0.25) is 4.68 Å². The number of hydrogen-bond acceptors (Lipinski definition) is 3. The molecule has 2 aromatic heterocycles. The Balaban J connectivity index is 2.10. The van der Waals surface area contributed by atoms with Crippen LogP contribution in [0.2, 0.25) is 0 Å². The van der Waals surface area contributed by atoms with Gasteiger partial charge in [0.05, 0.1) is 10.2 Å². The van der Waals surface area contributed by atoms with Crippen molar-refractivity contribution in [2.45, 2.75) is 27.4 Å². The Hall–Kier alpha value is -1.36. The Morgan fingerprint density at radius 3 is 2.65 bits per heavy atom. The molecule has 4 nitrogen and oxygen atoms in total. The van der Waals surface area contributed by atoms with Crippen LogP contribution in [0.5, 0.6) is 0 Å². The molecule has 90 valence electrons. The van der Waals surface area contributed by atoms with Crippen molar-refractivity contribution in [2.75, 3.05) is 5.32 Å². The summed E-state index contributed by atoms with van der Waals surface area (Å²) in [5.41, 5.74) is 3.30. The van der Waals surface area contributed by atoms with E-state index in [1.165, 1.54) is 0 Å². The van der Waals surface area contributed by atoms with Crippen molar-refractivity contribution < 1.29 is 0 Å². The van der Waals surface area contributed by atoms with Gasteiger partial charge >= 0.3 is 0 Å². The lowest BCUT2D eigenvalue weighted by Crippen LogP contribution is -2.12. The maximum atomic E-state index is 4.38. The molecule has 0 atom stereocenters. The molecular weight excluding hydrogens is 280 g/mol. The summed E-state index contributed by atoms with van der Waals surface area (Å²) in [5.74, 6) is 0.836. The first-order valence-electron chi connectivity index (χ1n) is 5.43. The Labute approximate surface area is 109 Å². The molecule has 2 heterocycles. The minimum absolute atomic E-state index is 0.619. The zero-order valence-electron chi connectivity index (χ0n) is 10.2. The van der Waals surface area contributed by atoms with Gasteiger partial charge < -0.3 is 5.32 Å². The van der Waals surface area contributed by atoms with E-state index >= 15 is 0 Å². The number of hydrogen-bond donors (Lipinski definition) is 1. The number of nitrogens with zero attached hydrogens (tertiary/aromatic N) is 3. The highest BCUT2D eigenvalue weighted by atomic mass is 79.9. The van der Waals surface area contributed by atoms with Crippen LogP contribution in [0.3, 0.4) is 0 Å². The van der Waals surface area contributed by atoms with Crippen LogP contribution >= 0.6 is 15.9 Å². The van der Waals surface area contributed by atoms with E-state index in [1.807, 2.05) is 37.7 Å². The van der Waals surface area contributed by atoms with Crippen molar-refractivity contribution in [3.8, 4) is 0 Å². The summed E-state index contributed by atoms with van der Waals surface area (Å²) in [6.45, 7) is 6.67. The summed E-state index contributed by atoms with van der Waals surface area (Å²) in [6.07, 6.45) is 1.84. The Morgan fingerprint density at radius 2 is 2.06 bits per heavy atom. The second-order valence-corrected chi connectivity index (χ2v) is 4.96. The monoisotopic (exact) mass is 294 g/mol. The van der Waals surface area contributed by atoms with Gasteiger partial charge in [-0.15, -0.1) is 0 Å².